The number of pyridine rings is 2. The second-order valence-corrected chi connectivity index (χ2v) is 9.33. The molecule has 1 unspecified atom stereocenters. The molecule has 0 spiro atoms. The number of nitrogens with one attached hydrogen (secondary N) is 1. The summed E-state index contributed by atoms with van der Waals surface area (Å²) in [5.74, 6) is -2.99. The van der Waals surface area contributed by atoms with Gasteiger partial charge < -0.3 is 0 Å². The number of hydrogen-bond acceptors (Lipinski definition) is 6. The minimum absolute atomic E-state index is 0.109. The molecule has 0 bridgehead atoms. The molecule has 0 saturated heterocycles. The number of carbonyl (C=O) groups is 1. The number of halogens is 3. The normalized spacial score (nSPS) is 18.8. The molecule has 3 heterocycles. The van der Waals surface area contributed by atoms with Crippen LogP contribution in [0.25, 0.3) is 22.4 Å². The molecule has 3 aromatic rings. The first-order valence-corrected chi connectivity index (χ1v) is 12.0. The zero-order chi connectivity index (χ0) is 22.1. The van der Waals surface area contributed by atoms with Crippen LogP contribution in [0.5, 0.6) is 0 Å². The molecule has 0 radical (unpaired) electrons. The average molecular weight is 623 g/mol. The second-order valence-electron chi connectivity index (χ2n) is 7.42. The van der Waals surface area contributed by atoms with Crippen molar-refractivity contribution < 1.29 is 22.7 Å². The average Bonchev–Trinajstić information content (AvgIpc) is 3.06. The summed E-state index contributed by atoms with van der Waals surface area (Å²) < 4.78 is 49.5. The zero-order valence-electron chi connectivity index (χ0n) is 16.7. The van der Waals surface area contributed by atoms with E-state index in [9.17, 15) is 18.0 Å². The van der Waals surface area contributed by atoms with Crippen LogP contribution in [0.4, 0.5) is 19.0 Å². The molecule has 4 rings (SSSR count). The SMILES string of the molecule is CCOC(=O)[C@@H]1CCCC(Nc2nc(-c3n[n]([Tl])c4ncc(F)cc34)c(F)cc2F)C1. The summed E-state index contributed by atoms with van der Waals surface area (Å²) in [4.78, 5) is 20.2. The molecule has 0 amide bonds. The molecular weight excluding hydrogens is 604 g/mol. The third-order valence-electron chi connectivity index (χ3n) is 5.30. The predicted octanol–water partition coefficient (Wildman–Crippen LogP) is 3.38. The number of hydrogen-bond donors (Lipinski definition) is 1. The third kappa shape index (κ3) is 4.53. The summed E-state index contributed by atoms with van der Waals surface area (Å²) in [5.41, 5.74) is 0.350. The number of nitrogens with zero attached hydrogens (tertiary/aromatic N) is 4. The fraction of sp³-hybridized carbons (Fsp3) is 0.400. The van der Waals surface area contributed by atoms with Gasteiger partial charge >= 0.3 is 179 Å². The van der Waals surface area contributed by atoms with Gasteiger partial charge in [-0.25, -0.2) is 0 Å². The van der Waals surface area contributed by atoms with E-state index in [0.29, 0.717) is 30.5 Å². The third-order valence-corrected chi connectivity index (χ3v) is 6.70. The van der Waals surface area contributed by atoms with E-state index in [4.69, 9.17) is 4.74 Å². The van der Waals surface area contributed by atoms with Crippen LogP contribution in [-0.2, 0) is 9.53 Å². The van der Waals surface area contributed by atoms with Crippen LogP contribution in [0.15, 0.2) is 18.3 Å². The summed E-state index contributed by atoms with van der Waals surface area (Å²) in [5, 5.41) is 7.60. The molecular formula is C20H19F3N5O2Tl. The molecule has 1 saturated carbocycles. The van der Waals surface area contributed by atoms with E-state index in [1.54, 1.807) is 9.42 Å². The molecule has 0 aliphatic heterocycles. The molecule has 2 atom stereocenters. The topological polar surface area (TPSA) is 81.9 Å². The van der Waals surface area contributed by atoms with Gasteiger partial charge in [0.05, 0.1) is 6.61 Å². The van der Waals surface area contributed by atoms with Gasteiger partial charge in [-0.3, -0.25) is 0 Å². The number of ether oxygens (including phenoxy) is 1. The maximum atomic E-state index is 14.6. The van der Waals surface area contributed by atoms with E-state index >= 15 is 0 Å². The number of rotatable bonds is 5. The second kappa shape index (κ2) is 9.09. The number of fused-ring (bicyclic) bond motifs is 1. The summed E-state index contributed by atoms with van der Waals surface area (Å²) in [6.45, 7) is 2.06. The number of anilines is 1. The quantitative estimate of drug-likeness (QED) is 0.347. The fourth-order valence-electron chi connectivity index (χ4n) is 3.90. The molecule has 0 aromatic carbocycles. The van der Waals surface area contributed by atoms with Gasteiger partial charge in [0, 0.05) is 0 Å². The molecule has 1 aliphatic carbocycles. The van der Waals surface area contributed by atoms with E-state index in [-0.39, 0.29) is 61.2 Å². The summed E-state index contributed by atoms with van der Waals surface area (Å²) in [6, 6.07) is 1.74. The summed E-state index contributed by atoms with van der Waals surface area (Å²) in [6.07, 6.45) is 3.75. The van der Waals surface area contributed by atoms with Gasteiger partial charge in [-0.15, -0.1) is 0 Å². The van der Waals surface area contributed by atoms with Crippen LogP contribution in [0.2, 0.25) is 0 Å². The van der Waals surface area contributed by atoms with Crippen LogP contribution in [0.1, 0.15) is 32.6 Å². The van der Waals surface area contributed by atoms with E-state index in [1.807, 2.05) is 0 Å². The Morgan fingerprint density at radius 2 is 2.06 bits per heavy atom. The van der Waals surface area contributed by atoms with Crippen LogP contribution in [0.3, 0.4) is 0 Å². The van der Waals surface area contributed by atoms with Gasteiger partial charge in [0.1, 0.15) is 0 Å². The van der Waals surface area contributed by atoms with E-state index in [1.165, 1.54) is 6.07 Å². The molecule has 1 fully saturated rings. The van der Waals surface area contributed by atoms with Gasteiger partial charge in [-0.1, -0.05) is 0 Å². The van der Waals surface area contributed by atoms with Crippen molar-refractivity contribution in [2.24, 2.45) is 5.92 Å². The van der Waals surface area contributed by atoms with Crippen LogP contribution in [-0.4, -0.2) is 62.2 Å². The Bertz CT molecular complexity index is 1140. The Kier molecular flexibility index (Phi) is 6.44. The van der Waals surface area contributed by atoms with Gasteiger partial charge in [0.15, 0.2) is 0 Å². The molecule has 1 N–H and O–H groups in total. The van der Waals surface area contributed by atoms with Crippen molar-refractivity contribution in [3.05, 3.63) is 35.8 Å². The number of aromatic nitrogens is 4. The van der Waals surface area contributed by atoms with E-state index in [0.717, 1.165) is 25.1 Å². The molecule has 1 aliphatic rings. The first kappa shape index (κ1) is 22.0. The maximum absolute atomic E-state index is 14.6. The summed E-state index contributed by atoms with van der Waals surface area (Å²) >= 11 is 0.211. The first-order chi connectivity index (χ1) is 14.9. The molecule has 11 heteroatoms. The van der Waals surface area contributed by atoms with Crippen LogP contribution >= 0.6 is 0 Å². The molecule has 3 aromatic heterocycles. The zero-order valence-corrected chi connectivity index (χ0v) is 21.2. The Labute approximate surface area is 192 Å². The van der Waals surface area contributed by atoms with Gasteiger partial charge in [-0.2, -0.15) is 0 Å². The van der Waals surface area contributed by atoms with Crippen molar-refractivity contribution in [3.8, 4) is 11.4 Å². The van der Waals surface area contributed by atoms with Crippen molar-refractivity contribution in [3.63, 3.8) is 0 Å². The van der Waals surface area contributed by atoms with Crippen molar-refractivity contribution in [1.82, 2.24) is 17.6 Å². The minimum atomic E-state index is -0.898. The Morgan fingerprint density at radius 3 is 2.84 bits per heavy atom. The van der Waals surface area contributed by atoms with E-state index < -0.39 is 17.5 Å². The van der Waals surface area contributed by atoms with Gasteiger partial charge in [0.25, 0.3) is 0 Å². The number of carbonyl (C=O) groups excluding carboxylic acids is 1. The first-order valence-electron chi connectivity index (χ1n) is 9.96. The molecule has 160 valence electrons. The molecule has 31 heavy (non-hydrogen) atoms. The van der Waals surface area contributed by atoms with Crippen LogP contribution < -0.4 is 5.32 Å². The standard InChI is InChI=1S/C20H19F3N5O2.Tl/c1-2-30-20(29)10-4-3-5-12(6-10)25-19-15(23)8-14(22)17(26-19)16-13-7-11(21)9-24-18(13)28-27-16;/h7-10,12H,2-6H2,1H3,(H-,24,25,26,27,28);/q-1;+1/t10-,12?;/m1./s1. The van der Waals surface area contributed by atoms with Gasteiger partial charge in [-0.05, 0) is 6.92 Å². The van der Waals surface area contributed by atoms with Crippen molar-refractivity contribution >= 4 is 48.9 Å². The van der Waals surface area contributed by atoms with Crippen LogP contribution in [0, 0.1) is 23.4 Å². The monoisotopic (exact) mass is 623 g/mol. The molecule has 7 nitrogen and oxygen atoms in total. The van der Waals surface area contributed by atoms with Crippen molar-refractivity contribution in [2.75, 3.05) is 11.9 Å². The Balaban J connectivity index is 1.65. The Hall–Kier alpha value is -2.25. The Morgan fingerprint density at radius 1 is 1.26 bits per heavy atom. The van der Waals surface area contributed by atoms with Crippen molar-refractivity contribution in [1.29, 1.82) is 0 Å². The fourth-order valence-corrected chi connectivity index (χ4v) is 5.14. The predicted molar refractivity (Wildman–Crippen MR) is 108 cm³/mol. The van der Waals surface area contributed by atoms with Gasteiger partial charge in [0.2, 0.25) is 0 Å². The van der Waals surface area contributed by atoms with E-state index in [2.05, 4.69) is 20.4 Å². The van der Waals surface area contributed by atoms with Crippen molar-refractivity contribution in [2.45, 2.75) is 38.6 Å². The number of esters is 1. The summed E-state index contributed by atoms with van der Waals surface area (Å²) in [7, 11) is 0.